The maximum atomic E-state index is 4.86. The van der Waals surface area contributed by atoms with Gasteiger partial charge in [0.15, 0.2) is 0 Å². The minimum Gasteiger partial charge on any atom is -0.305 e. The summed E-state index contributed by atoms with van der Waals surface area (Å²) in [5.41, 5.74) is 5.22. The highest BCUT2D eigenvalue weighted by molar-refractivity contribution is 7.25. The summed E-state index contributed by atoms with van der Waals surface area (Å²) in [6.45, 7) is 0. The van der Waals surface area contributed by atoms with Crippen molar-refractivity contribution in [1.29, 1.82) is 0 Å². The van der Waals surface area contributed by atoms with Gasteiger partial charge in [-0.2, -0.15) is 0 Å². The summed E-state index contributed by atoms with van der Waals surface area (Å²) in [4.78, 5) is 15.0. The zero-order valence-electron chi connectivity index (χ0n) is 16.9. The van der Waals surface area contributed by atoms with Crippen molar-refractivity contribution in [3.63, 3.8) is 0 Å². The summed E-state index contributed by atoms with van der Waals surface area (Å²) in [5.74, 6) is 0. The standard InChI is InChI=1S/C27H16N4S/c1-2-8-17(9-3-1)25-22(15-28-16-30-25)31-21-12-6-4-10-18(21)20-14-29-27-24(26(20)31)19-11-5-7-13-23(19)32-27/h1-16H. The number of benzene rings is 3. The Hall–Kier alpha value is -4.09. The van der Waals surface area contributed by atoms with Crippen LogP contribution in [-0.4, -0.2) is 19.5 Å². The van der Waals surface area contributed by atoms with E-state index in [0.717, 1.165) is 38.2 Å². The lowest BCUT2D eigenvalue weighted by Gasteiger charge is -2.12. The second kappa shape index (κ2) is 6.70. The Morgan fingerprint density at radius 3 is 2.38 bits per heavy atom. The van der Waals surface area contributed by atoms with E-state index in [1.54, 1.807) is 17.7 Å². The van der Waals surface area contributed by atoms with Crippen LogP contribution in [0.25, 0.3) is 59.1 Å². The predicted octanol–water partition coefficient (Wildman–Crippen LogP) is 7.00. The number of thiophene rings is 1. The zero-order valence-corrected chi connectivity index (χ0v) is 17.8. The van der Waals surface area contributed by atoms with Gasteiger partial charge in [-0.05, 0) is 12.1 Å². The molecule has 0 bridgehead atoms. The Labute approximate surface area is 187 Å². The van der Waals surface area contributed by atoms with Crippen LogP contribution in [-0.2, 0) is 0 Å². The van der Waals surface area contributed by atoms with Gasteiger partial charge >= 0.3 is 0 Å². The molecule has 0 spiro atoms. The third-order valence-corrected chi connectivity index (χ3v) is 7.10. The highest BCUT2D eigenvalue weighted by atomic mass is 32.1. The van der Waals surface area contributed by atoms with Crippen LogP contribution < -0.4 is 0 Å². The van der Waals surface area contributed by atoms with Gasteiger partial charge in [-0.3, -0.25) is 0 Å². The lowest BCUT2D eigenvalue weighted by atomic mass is 10.1. The van der Waals surface area contributed by atoms with Crippen LogP contribution in [0, 0.1) is 0 Å². The Balaban J connectivity index is 1.73. The van der Waals surface area contributed by atoms with Gasteiger partial charge in [0, 0.05) is 38.0 Å². The lowest BCUT2D eigenvalue weighted by Crippen LogP contribution is -2.00. The van der Waals surface area contributed by atoms with Crippen molar-refractivity contribution < 1.29 is 0 Å². The highest BCUT2D eigenvalue weighted by Crippen LogP contribution is 2.42. The maximum absolute atomic E-state index is 4.86. The van der Waals surface area contributed by atoms with Crippen LogP contribution >= 0.6 is 11.3 Å². The molecule has 7 rings (SSSR count). The topological polar surface area (TPSA) is 43.6 Å². The average molecular weight is 429 g/mol. The van der Waals surface area contributed by atoms with E-state index in [9.17, 15) is 0 Å². The largest absolute Gasteiger partial charge is 0.305 e. The summed E-state index contributed by atoms with van der Waals surface area (Å²) in [5, 5.41) is 4.73. The van der Waals surface area contributed by atoms with E-state index >= 15 is 0 Å². The first-order chi connectivity index (χ1) is 15.9. The minimum atomic E-state index is 0.910. The molecule has 0 fully saturated rings. The quantitative estimate of drug-likeness (QED) is 0.298. The van der Waals surface area contributed by atoms with Crippen LogP contribution in [0.2, 0.25) is 0 Å². The normalized spacial score (nSPS) is 11.8. The molecule has 0 N–H and O–H groups in total. The molecule has 5 heteroatoms. The number of hydrogen-bond donors (Lipinski definition) is 0. The lowest BCUT2D eigenvalue weighted by molar-refractivity contribution is 1.08. The first-order valence-electron chi connectivity index (χ1n) is 10.5. The molecule has 4 aromatic heterocycles. The third-order valence-electron chi connectivity index (χ3n) is 6.02. The summed E-state index contributed by atoms with van der Waals surface area (Å²) in [7, 11) is 0. The van der Waals surface area contributed by atoms with Gasteiger partial charge < -0.3 is 4.57 Å². The molecule has 0 aliphatic heterocycles. The second-order valence-electron chi connectivity index (χ2n) is 7.77. The van der Waals surface area contributed by atoms with Crippen LogP contribution in [0.1, 0.15) is 0 Å². The highest BCUT2D eigenvalue weighted by Gasteiger charge is 2.20. The van der Waals surface area contributed by atoms with Gasteiger partial charge in [0.1, 0.15) is 11.2 Å². The van der Waals surface area contributed by atoms with Crippen molar-refractivity contribution in [2.24, 2.45) is 0 Å². The van der Waals surface area contributed by atoms with Gasteiger partial charge in [-0.15, -0.1) is 11.3 Å². The molecule has 150 valence electrons. The molecule has 4 nitrogen and oxygen atoms in total. The van der Waals surface area contributed by atoms with E-state index in [2.05, 4.69) is 70.2 Å². The fourth-order valence-electron chi connectivity index (χ4n) is 4.67. The molecule has 0 saturated heterocycles. The molecule has 4 heterocycles. The van der Waals surface area contributed by atoms with Gasteiger partial charge in [0.05, 0.1) is 28.6 Å². The average Bonchev–Trinajstić information content (AvgIpc) is 3.40. The summed E-state index contributed by atoms with van der Waals surface area (Å²) in [6.07, 6.45) is 5.55. The molecular weight excluding hydrogens is 412 g/mol. The Bertz CT molecular complexity index is 1780. The molecule has 0 atom stereocenters. The van der Waals surface area contributed by atoms with Crippen LogP contribution in [0.4, 0.5) is 0 Å². The number of aromatic nitrogens is 4. The summed E-state index contributed by atoms with van der Waals surface area (Å²) < 4.78 is 3.56. The molecule has 0 unspecified atom stereocenters. The number of pyridine rings is 1. The van der Waals surface area contributed by atoms with Crippen LogP contribution in [0.15, 0.2) is 97.6 Å². The maximum Gasteiger partial charge on any atom is 0.126 e. The molecule has 0 aliphatic carbocycles. The molecule has 32 heavy (non-hydrogen) atoms. The summed E-state index contributed by atoms with van der Waals surface area (Å²) >= 11 is 1.74. The van der Waals surface area contributed by atoms with Gasteiger partial charge in [0.2, 0.25) is 0 Å². The number of fused-ring (bicyclic) bond motifs is 7. The van der Waals surface area contributed by atoms with E-state index in [-0.39, 0.29) is 0 Å². The van der Waals surface area contributed by atoms with Gasteiger partial charge in [0.25, 0.3) is 0 Å². The number of nitrogens with zero attached hydrogens (tertiary/aromatic N) is 4. The Morgan fingerprint density at radius 2 is 1.47 bits per heavy atom. The van der Waals surface area contributed by atoms with Crippen molar-refractivity contribution in [3.8, 4) is 16.9 Å². The van der Waals surface area contributed by atoms with E-state index in [1.807, 2.05) is 30.6 Å². The van der Waals surface area contributed by atoms with Gasteiger partial charge in [-0.25, -0.2) is 15.0 Å². The number of hydrogen-bond acceptors (Lipinski definition) is 4. The van der Waals surface area contributed by atoms with Crippen molar-refractivity contribution in [3.05, 3.63) is 97.6 Å². The fourth-order valence-corrected chi connectivity index (χ4v) is 5.72. The molecule has 0 amide bonds. The SMILES string of the molecule is c1ccc(-c2ncncc2-n2c3ccccc3c3cnc4sc5ccccc5c4c32)cc1. The van der Waals surface area contributed by atoms with E-state index in [1.165, 1.54) is 20.9 Å². The van der Waals surface area contributed by atoms with Crippen molar-refractivity contribution >= 4 is 53.4 Å². The van der Waals surface area contributed by atoms with Crippen LogP contribution in [0.3, 0.4) is 0 Å². The first kappa shape index (κ1) is 17.6. The molecule has 7 aromatic rings. The Kier molecular flexibility index (Phi) is 3.68. The molecule has 0 radical (unpaired) electrons. The van der Waals surface area contributed by atoms with E-state index < -0.39 is 0 Å². The number of para-hydroxylation sites is 1. The van der Waals surface area contributed by atoms with Gasteiger partial charge in [-0.1, -0.05) is 66.7 Å². The monoisotopic (exact) mass is 428 g/mol. The van der Waals surface area contributed by atoms with Crippen LogP contribution in [0.5, 0.6) is 0 Å². The third kappa shape index (κ3) is 2.40. The predicted molar refractivity (Wildman–Crippen MR) is 132 cm³/mol. The van der Waals surface area contributed by atoms with E-state index in [0.29, 0.717) is 0 Å². The second-order valence-corrected chi connectivity index (χ2v) is 8.80. The van der Waals surface area contributed by atoms with Crippen molar-refractivity contribution in [1.82, 2.24) is 19.5 Å². The Morgan fingerprint density at radius 1 is 0.688 bits per heavy atom. The van der Waals surface area contributed by atoms with Crippen molar-refractivity contribution in [2.75, 3.05) is 0 Å². The molecule has 3 aromatic carbocycles. The first-order valence-corrected chi connectivity index (χ1v) is 11.3. The van der Waals surface area contributed by atoms with E-state index in [4.69, 9.17) is 9.97 Å². The number of rotatable bonds is 2. The minimum absolute atomic E-state index is 0.910. The fraction of sp³-hybridized carbons (Fsp3) is 0. The summed E-state index contributed by atoms with van der Waals surface area (Å²) in [6, 6.07) is 27.3. The molecular formula is C27H16N4S. The molecule has 0 aliphatic rings. The smallest absolute Gasteiger partial charge is 0.126 e. The van der Waals surface area contributed by atoms with Crippen molar-refractivity contribution in [2.45, 2.75) is 0 Å². The molecule has 0 saturated carbocycles. The zero-order chi connectivity index (χ0) is 21.1.